The minimum Gasteiger partial charge on any atom is -0.462 e. The molecule has 69 heavy (non-hydrogen) atoms. The highest BCUT2D eigenvalue weighted by Crippen LogP contribution is 2.14. The zero-order valence-corrected chi connectivity index (χ0v) is 44.3. The van der Waals surface area contributed by atoms with Crippen molar-refractivity contribution in [2.45, 2.75) is 232 Å². The van der Waals surface area contributed by atoms with Gasteiger partial charge in [-0.15, -0.1) is 0 Å². The maximum atomic E-state index is 12.8. The van der Waals surface area contributed by atoms with Gasteiger partial charge in [-0.1, -0.05) is 238 Å². The van der Waals surface area contributed by atoms with Crippen molar-refractivity contribution in [3.05, 3.63) is 134 Å². The fourth-order valence-electron chi connectivity index (χ4n) is 7.14. The molecule has 0 aromatic heterocycles. The van der Waals surface area contributed by atoms with Gasteiger partial charge in [0.25, 0.3) is 0 Å². The number of carbonyl (C=O) groups is 3. The fourth-order valence-corrected chi connectivity index (χ4v) is 7.14. The van der Waals surface area contributed by atoms with E-state index in [2.05, 4.69) is 106 Å². The molecule has 0 spiro atoms. The van der Waals surface area contributed by atoms with Crippen LogP contribution in [0.15, 0.2) is 134 Å². The first-order valence-corrected chi connectivity index (χ1v) is 27.8. The number of rotatable bonds is 48. The Balaban J connectivity index is 4.54. The lowest BCUT2D eigenvalue weighted by atomic mass is 10.1. The van der Waals surface area contributed by atoms with Crippen molar-refractivity contribution in [3.63, 3.8) is 0 Å². The van der Waals surface area contributed by atoms with Gasteiger partial charge in [0.05, 0.1) is 0 Å². The van der Waals surface area contributed by atoms with Crippen LogP contribution < -0.4 is 0 Å². The zero-order chi connectivity index (χ0) is 50.0. The lowest BCUT2D eigenvalue weighted by molar-refractivity contribution is -0.167. The number of carbonyl (C=O) groups excluding carboxylic acids is 3. The number of esters is 3. The molecule has 1 atom stereocenters. The Morgan fingerprint density at radius 1 is 0.319 bits per heavy atom. The smallest absolute Gasteiger partial charge is 0.306 e. The second-order valence-corrected chi connectivity index (χ2v) is 17.8. The first kappa shape index (κ1) is 64.5. The van der Waals surface area contributed by atoms with Crippen molar-refractivity contribution in [2.75, 3.05) is 13.2 Å². The number of hydrogen-bond donors (Lipinski definition) is 0. The molecule has 0 radical (unpaired) electrons. The Hall–Kier alpha value is -4.45. The van der Waals surface area contributed by atoms with E-state index in [0.717, 1.165) is 96.3 Å². The van der Waals surface area contributed by atoms with Crippen LogP contribution in [0.25, 0.3) is 0 Å². The molecule has 0 heterocycles. The molecule has 6 heteroatoms. The summed E-state index contributed by atoms with van der Waals surface area (Å²) >= 11 is 0. The van der Waals surface area contributed by atoms with Gasteiger partial charge < -0.3 is 14.2 Å². The molecule has 0 N–H and O–H groups in total. The van der Waals surface area contributed by atoms with Crippen molar-refractivity contribution in [3.8, 4) is 0 Å². The van der Waals surface area contributed by atoms with Crippen LogP contribution in [0.2, 0.25) is 0 Å². The highest BCUT2D eigenvalue weighted by atomic mass is 16.6. The second kappa shape index (κ2) is 56.1. The summed E-state index contributed by atoms with van der Waals surface area (Å²) in [5.41, 5.74) is 0. The number of ether oxygens (including phenoxy) is 3. The van der Waals surface area contributed by atoms with Crippen LogP contribution in [0.5, 0.6) is 0 Å². The normalized spacial score (nSPS) is 13.1. The third kappa shape index (κ3) is 54.4. The summed E-state index contributed by atoms with van der Waals surface area (Å²) in [5, 5.41) is 0. The van der Waals surface area contributed by atoms with Gasteiger partial charge in [0, 0.05) is 19.3 Å². The van der Waals surface area contributed by atoms with Gasteiger partial charge >= 0.3 is 17.9 Å². The van der Waals surface area contributed by atoms with Crippen LogP contribution in [-0.4, -0.2) is 37.2 Å². The minimum absolute atomic E-state index is 0.119. The van der Waals surface area contributed by atoms with Crippen LogP contribution in [0, 0.1) is 0 Å². The van der Waals surface area contributed by atoms with Crippen LogP contribution in [0.4, 0.5) is 0 Å². The summed E-state index contributed by atoms with van der Waals surface area (Å²) in [4.78, 5) is 38.1. The predicted molar refractivity (Wildman–Crippen MR) is 297 cm³/mol. The first-order chi connectivity index (χ1) is 34.0. The van der Waals surface area contributed by atoms with E-state index in [1.807, 2.05) is 48.6 Å². The molecule has 1 unspecified atom stereocenters. The van der Waals surface area contributed by atoms with E-state index in [4.69, 9.17) is 14.2 Å². The lowest BCUT2D eigenvalue weighted by Gasteiger charge is -2.18. The average molecular weight is 953 g/mol. The summed E-state index contributed by atoms with van der Waals surface area (Å²) < 4.78 is 16.8. The minimum atomic E-state index is -0.830. The molecule has 0 rings (SSSR count). The molecule has 0 bridgehead atoms. The molecule has 0 saturated carbocycles. The van der Waals surface area contributed by atoms with Gasteiger partial charge in [-0.25, -0.2) is 0 Å². The largest absolute Gasteiger partial charge is 0.462 e. The molecular formula is C63H100O6. The Labute approximate surface area is 424 Å². The molecule has 0 aliphatic rings. The standard InChI is InChI=1S/C63H100O6/c1-4-7-10-13-16-19-22-25-28-30-31-33-35-38-41-44-47-50-53-56-62(65)68-59-60(58-67-61(64)55-52-49-46-43-40-37-34-27-24-21-18-15-12-9-6-3)69-63(66)57-54-51-48-45-42-39-36-32-29-26-23-20-17-14-11-8-5-2/h7,9-10,12,15-16,18-19,21,24-29,34,36-37,39-40,45,48,60H,4-6,8,11,13-14,17,20,22-23,30-33,35,38,41-44,46-47,49-59H2,1-3H3/b10-7-,12-9-,18-15-,19-16-,24-21-,28-25-,29-26-,34-27-,39-36-,40-37-,48-45-. The topological polar surface area (TPSA) is 78.9 Å². The zero-order valence-electron chi connectivity index (χ0n) is 44.3. The first-order valence-electron chi connectivity index (χ1n) is 27.8. The summed E-state index contributed by atoms with van der Waals surface area (Å²) in [6.45, 7) is 6.29. The van der Waals surface area contributed by atoms with Crippen molar-refractivity contribution < 1.29 is 28.6 Å². The van der Waals surface area contributed by atoms with E-state index in [0.29, 0.717) is 19.3 Å². The van der Waals surface area contributed by atoms with Crippen molar-refractivity contribution >= 4 is 17.9 Å². The average Bonchev–Trinajstić information content (AvgIpc) is 3.35. The lowest BCUT2D eigenvalue weighted by Crippen LogP contribution is -2.30. The van der Waals surface area contributed by atoms with Gasteiger partial charge in [0.2, 0.25) is 0 Å². The van der Waals surface area contributed by atoms with Crippen molar-refractivity contribution in [1.82, 2.24) is 0 Å². The number of allylic oxidation sites excluding steroid dienone is 22. The Morgan fingerprint density at radius 3 is 1.12 bits per heavy atom. The highest BCUT2D eigenvalue weighted by Gasteiger charge is 2.19. The van der Waals surface area contributed by atoms with Gasteiger partial charge in [-0.05, 0) is 103 Å². The third-order valence-corrected chi connectivity index (χ3v) is 11.2. The fraction of sp³-hybridized carbons (Fsp3) is 0.603. The molecule has 0 aliphatic carbocycles. The highest BCUT2D eigenvalue weighted by molar-refractivity contribution is 5.71. The molecule has 0 fully saturated rings. The molecule has 6 nitrogen and oxygen atoms in total. The van der Waals surface area contributed by atoms with E-state index < -0.39 is 6.10 Å². The Kier molecular flexibility index (Phi) is 52.5. The SMILES string of the molecule is CC\C=C/C=C\C=C/C=C\C=C/CCCCCC(=O)OCC(COC(=O)CCCCCCCCCCC/C=C\C/C=C\C/C=C\CC)OC(=O)CCC/C=C\C/C=C\C/C=C\CCCCCCCC. The van der Waals surface area contributed by atoms with E-state index in [1.165, 1.54) is 83.5 Å². The summed E-state index contributed by atoms with van der Waals surface area (Å²) in [7, 11) is 0. The van der Waals surface area contributed by atoms with E-state index in [9.17, 15) is 14.4 Å². The molecule has 0 aliphatic heterocycles. The second-order valence-electron chi connectivity index (χ2n) is 17.8. The quantitative estimate of drug-likeness (QED) is 0.0199. The van der Waals surface area contributed by atoms with Crippen LogP contribution in [-0.2, 0) is 28.6 Å². The maximum Gasteiger partial charge on any atom is 0.306 e. The third-order valence-electron chi connectivity index (χ3n) is 11.2. The van der Waals surface area contributed by atoms with Crippen LogP contribution in [0.1, 0.15) is 226 Å². The van der Waals surface area contributed by atoms with Crippen LogP contribution >= 0.6 is 0 Å². The van der Waals surface area contributed by atoms with Gasteiger partial charge in [-0.3, -0.25) is 14.4 Å². The summed E-state index contributed by atoms with van der Waals surface area (Å²) in [6.07, 6.45) is 78.7. The Bertz CT molecular complexity index is 1510. The van der Waals surface area contributed by atoms with Gasteiger partial charge in [-0.2, -0.15) is 0 Å². The molecule has 0 aromatic rings. The van der Waals surface area contributed by atoms with Crippen molar-refractivity contribution in [1.29, 1.82) is 0 Å². The van der Waals surface area contributed by atoms with E-state index in [-0.39, 0.29) is 37.5 Å². The molecule has 0 saturated heterocycles. The van der Waals surface area contributed by atoms with Crippen LogP contribution in [0.3, 0.4) is 0 Å². The number of hydrogen-bond acceptors (Lipinski definition) is 6. The van der Waals surface area contributed by atoms with Gasteiger partial charge in [0.15, 0.2) is 6.10 Å². The monoisotopic (exact) mass is 953 g/mol. The molecule has 388 valence electrons. The maximum absolute atomic E-state index is 12.8. The molecule has 0 aromatic carbocycles. The molecule has 0 amide bonds. The Morgan fingerprint density at radius 2 is 0.652 bits per heavy atom. The van der Waals surface area contributed by atoms with Gasteiger partial charge in [0.1, 0.15) is 13.2 Å². The summed E-state index contributed by atoms with van der Waals surface area (Å²) in [5.74, 6) is -1.03. The molecular weight excluding hydrogens is 853 g/mol. The van der Waals surface area contributed by atoms with E-state index >= 15 is 0 Å². The predicted octanol–water partition coefficient (Wildman–Crippen LogP) is 18.6. The van der Waals surface area contributed by atoms with E-state index in [1.54, 1.807) is 0 Å². The van der Waals surface area contributed by atoms with Crippen molar-refractivity contribution in [2.24, 2.45) is 0 Å². The number of unbranched alkanes of at least 4 members (excludes halogenated alkanes) is 19. The summed E-state index contributed by atoms with van der Waals surface area (Å²) in [6, 6.07) is 0.